The van der Waals surface area contributed by atoms with Crippen LogP contribution in [0.4, 0.5) is 0 Å². The van der Waals surface area contributed by atoms with Gasteiger partial charge in [-0.2, -0.15) is 11.8 Å². The van der Waals surface area contributed by atoms with Crippen LogP contribution >= 0.6 is 11.8 Å². The second kappa shape index (κ2) is 2.74. The number of rotatable bonds is 1. The van der Waals surface area contributed by atoms with Gasteiger partial charge in [-0.15, -0.1) is 0 Å². The highest BCUT2D eigenvalue weighted by atomic mass is 32.2. The van der Waals surface area contributed by atoms with Crippen molar-refractivity contribution in [3.63, 3.8) is 0 Å². The van der Waals surface area contributed by atoms with Crippen LogP contribution in [0.2, 0.25) is 0 Å². The molecule has 1 nitrogen and oxygen atoms in total. The van der Waals surface area contributed by atoms with Crippen molar-refractivity contribution in [1.29, 1.82) is 0 Å². The molecular formula is C8H17NS. The van der Waals surface area contributed by atoms with Crippen LogP contribution in [0.3, 0.4) is 0 Å². The minimum absolute atomic E-state index is 0.366. The molecule has 2 atom stereocenters. The Morgan fingerprint density at radius 1 is 1.60 bits per heavy atom. The van der Waals surface area contributed by atoms with Gasteiger partial charge in [0.1, 0.15) is 0 Å². The maximum absolute atomic E-state index is 5.86. The first-order valence-electron chi connectivity index (χ1n) is 3.93. The van der Waals surface area contributed by atoms with E-state index in [4.69, 9.17) is 5.73 Å². The van der Waals surface area contributed by atoms with Crippen LogP contribution in [0.25, 0.3) is 0 Å². The van der Waals surface area contributed by atoms with E-state index in [9.17, 15) is 0 Å². The van der Waals surface area contributed by atoms with Gasteiger partial charge in [0.2, 0.25) is 0 Å². The Morgan fingerprint density at radius 2 is 2.20 bits per heavy atom. The lowest BCUT2D eigenvalue weighted by Crippen LogP contribution is -2.36. The van der Waals surface area contributed by atoms with E-state index in [1.807, 2.05) is 0 Å². The quantitative estimate of drug-likeness (QED) is 0.632. The number of hydrogen-bond donors (Lipinski definition) is 1. The molecule has 1 saturated heterocycles. The minimum Gasteiger partial charge on any atom is -0.328 e. The standard InChI is InChI=1S/C8H17NS/c1-6(9)7-4-5-10-8(7,2)3/h6-7H,4-5,9H2,1-3H3. The molecule has 1 aliphatic rings. The third-order valence-electron chi connectivity index (χ3n) is 2.43. The van der Waals surface area contributed by atoms with Gasteiger partial charge in [0.05, 0.1) is 0 Å². The molecule has 10 heavy (non-hydrogen) atoms. The van der Waals surface area contributed by atoms with Crippen LogP contribution < -0.4 is 5.73 Å². The summed E-state index contributed by atoms with van der Waals surface area (Å²) in [5.74, 6) is 2.01. The molecule has 0 amide bonds. The molecule has 2 N–H and O–H groups in total. The predicted molar refractivity (Wildman–Crippen MR) is 48.3 cm³/mol. The molecular weight excluding hydrogens is 142 g/mol. The zero-order valence-electron chi connectivity index (χ0n) is 7.05. The van der Waals surface area contributed by atoms with Gasteiger partial charge in [-0.05, 0) is 25.0 Å². The molecule has 0 aromatic carbocycles. The van der Waals surface area contributed by atoms with Crippen LogP contribution in [-0.4, -0.2) is 16.5 Å². The molecule has 0 spiro atoms. The summed E-state index contributed by atoms with van der Waals surface area (Å²) < 4.78 is 0.425. The van der Waals surface area contributed by atoms with Crippen molar-refractivity contribution in [2.75, 3.05) is 5.75 Å². The maximum atomic E-state index is 5.86. The fourth-order valence-corrected chi connectivity index (χ4v) is 3.24. The van der Waals surface area contributed by atoms with Gasteiger partial charge in [-0.3, -0.25) is 0 Å². The van der Waals surface area contributed by atoms with Crippen molar-refractivity contribution in [3.8, 4) is 0 Å². The average molecular weight is 159 g/mol. The first-order chi connectivity index (χ1) is 4.54. The van der Waals surface area contributed by atoms with Crippen LogP contribution in [0.5, 0.6) is 0 Å². The third-order valence-corrected chi connectivity index (χ3v) is 3.92. The lowest BCUT2D eigenvalue weighted by molar-refractivity contribution is 0.374. The van der Waals surface area contributed by atoms with Gasteiger partial charge in [0, 0.05) is 10.8 Å². The second-order valence-electron chi connectivity index (χ2n) is 3.71. The highest BCUT2D eigenvalue weighted by Gasteiger charge is 2.37. The Bertz CT molecular complexity index is 120. The molecule has 1 heterocycles. The van der Waals surface area contributed by atoms with E-state index in [0.717, 1.165) is 5.92 Å². The van der Waals surface area contributed by atoms with E-state index in [2.05, 4.69) is 32.5 Å². The summed E-state index contributed by atoms with van der Waals surface area (Å²) in [6.07, 6.45) is 1.30. The summed E-state index contributed by atoms with van der Waals surface area (Å²) in [5, 5.41) is 0. The van der Waals surface area contributed by atoms with Crippen molar-refractivity contribution in [3.05, 3.63) is 0 Å². The fourth-order valence-electron chi connectivity index (χ4n) is 1.80. The van der Waals surface area contributed by atoms with Crippen molar-refractivity contribution < 1.29 is 0 Å². The Morgan fingerprint density at radius 3 is 2.40 bits per heavy atom. The zero-order valence-corrected chi connectivity index (χ0v) is 7.87. The van der Waals surface area contributed by atoms with Crippen LogP contribution in [0.15, 0.2) is 0 Å². The maximum Gasteiger partial charge on any atom is 0.0146 e. The molecule has 0 aliphatic carbocycles. The van der Waals surface area contributed by atoms with Crippen LogP contribution in [0, 0.1) is 5.92 Å². The molecule has 60 valence electrons. The summed E-state index contributed by atoms with van der Waals surface area (Å²) in [4.78, 5) is 0. The van der Waals surface area contributed by atoms with Crippen LogP contribution in [-0.2, 0) is 0 Å². The van der Waals surface area contributed by atoms with E-state index in [0.29, 0.717) is 10.8 Å². The molecule has 0 saturated carbocycles. The lowest BCUT2D eigenvalue weighted by Gasteiger charge is -2.28. The van der Waals surface area contributed by atoms with E-state index >= 15 is 0 Å². The third kappa shape index (κ3) is 1.48. The lowest BCUT2D eigenvalue weighted by atomic mass is 9.87. The highest BCUT2D eigenvalue weighted by molar-refractivity contribution is 8.00. The van der Waals surface area contributed by atoms with E-state index in [-0.39, 0.29) is 0 Å². The number of thioether (sulfide) groups is 1. The topological polar surface area (TPSA) is 26.0 Å². The van der Waals surface area contributed by atoms with Crippen molar-refractivity contribution in [2.24, 2.45) is 11.7 Å². The Kier molecular flexibility index (Phi) is 2.31. The Labute approximate surface area is 67.8 Å². The molecule has 2 unspecified atom stereocenters. The number of hydrogen-bond acceptors (Lipinski definition) is 2. The predicted octanol–water partition coefficient (Wildman–Crippen LogP) is 1.87. The zero-order chi connectivity index (χ0) is 7.78. The van der Waals surface area contributed by atoms with Crippen molar-refractivity contribution in [1.82, 2.24) is 0 Å². The van der Waals surface area contributed by atoms with Gasteiger partial charge < -0.3 is 5.73 Å². The summed E-state index contributed by atoms with van der Waals surface area (Å²) in [6.45, 7) is 6.73. The molecule has 0 bridgehead atoms. The van der Waals surface area contributed by atoms with Gasteiger partial charge in [0.25, 0.3) is 0 Å². The first kappa shape index (κ1) is 8.41. The fraction of sp³-hybridized carbons (Fsp3) is 1.00. The van der Waals surface area contributed by atoms with Gasteiger partial charge in [-0.1, -0.05) is 13.8 Å². The monoisotopic (exact) mass is 159 g/mol. The average Bonchev–Trinajstić information content (AvgIpc) is 2.08. The molecule has 1 rings (SSSR count). The Balaban J connectivity index is 2.59. The largest absolute Gasteiger partial charge is 0.328 e. The molecule has 0 aromatic heterocycles. The smallest absolute Gasteiger partial charge is 0.0146 e. The second-order valence-corrected chi connectivity index (χ2v) is 5.46. The molecule has 1 aliphatic heterocycles. The van der Waals surface area contributed by atoms with E-state index in [1.54, 1.807) is 0 Å². The number of nitrogens with two attached hydrogens (primary N) is 1. The van der Waals surface area contributed by atoms with Crippen LogP contribution in [0.1, 0.15) is 27.2 Å². The molecule has 0 radical (unpaired) electrons. The summed E-state index contributed by atoms with van der Waals surface area (Å²) in [7, 11) is 0. The van der Waals surface area contributed by atoms with Gasteiger partial charge in [-0.25, -0.2) is 0 Å². The van der Waals surface area contributed by atoms with Gasteiger partial charge in [0.15, 0.2) is 0 Å². The SMILES string of the molecule is CC(N)C1CCSC1(C)C. The first-order valence-corrected chi connectivity index (χ1v) is 4.92. The van der Waals surface area contributed by atoms with E-state index in [1.165, 1.54) is 12.2 Å². The summed E-state index contributed by atoms with van der Waals surface area (Å²) >= 11 is 2.06. The van der Waals surface area contributed by atoms with Crippen molar-refractivity contribution in [2.45, 2.75) is 38.0 Å². The highest BCUT2D eigenvalue weighted by Crippen LogP contribution is 2.43. The molecule has 1 fully saturated rings. The van der Waals surface area contributed by atoms with Crippen molar-refractivity contribution >= 4 is 11.8 Å². The summed E-state index contributed by atoms with van der Waals surface area (Å²) in [5.41, 5.74) is 5.86. The van der Waals surface area contributed by atoms with Gasteiger partial charge >= 0.3 is 0 Å². The summed E-state index contributed by atoms with van der Waals surface area (Å²) in [6, 6.07) is 0.366. The minimum atomic E-state index is 0.366. The van der Waals surface area contributed by atoms with E-state index < -0.39 is 0 Å². The molecule has 2 heteroatoms. The molecule has 0 aromatic rings. The normalized spacial score (nSPS) is 34.2. The Hall–Kier alpha value is 0.310.